The number of nitrogens with zero attached hydrogens (tertiary/aromatic N) is 1. The number of thiophene rings is 1. The van der Waals surface area contributed by atoms with Crippen LogP contribution in [-0.4, -0.2) is 40.6 Å². The van der Waals surface area contributed by atoms with E-state index in [0.29, 0.717) is 27.9 Å². The molecule has 0 radical (unpaired) electrons. The fourth-order valence-corrected chi connectivity index (χ4v) is 6.84. The Morgan fingerprint density at radius 1 is 1.11 bits per heavy atom. The van der Waals surface area contributed by atoms with Crippen molar-refractivity contribution in [2.24, 2.45) is 5.92 Å². The van der Waals surface area contributed by atoms with Gasteiger partial charge in [-0.15, -0.1) is 11.3 Å². The van der Waals surface area contributed by atoms with Crippen molar-refractivity contribution in [3.63, 3.8) is 0 Å². The maximum Gasteiger partial charge on any atom is 0.341 e. The van der Waals surface area contributed by atoms with Crippen LogP contribution < -0.4 is 14.4 Å². The molecule has 196 valence electrons. The summed E-state index contributed by atoms with van der Waals surface area (Å²) in [6.07, 6.45) is 2.65. The van der Waals surface area contributed by atoms with E-state index >= 15 is 0 Å². The summed E-state index contributed by atoms with van der Waals surface area (Å²) in [5.74, 6) is 0.119. The number of hydrogen-bond acceptors (Lipinski definition) is 7. The van der Waals surface area contributed by atoms with Crippen molar-refractivity contribution in [3.05, 3.63) is 70.6 Å². The van der Waals surface area contributed by atoms with E-state index in [1.807, 2.05) is 0 Å². The molecule has 1 aromatic heterocycles. The summed E-state index contributed by atoms with van der Waals surface area (Å²) in [5.41, 5.74) is 1.88. The largest absolute Gasteiger partial charge is 0.484 e. The van der Waals surface area contributed by atoms with Crippen LogP contribution in [0.15, 0.2) is 59.5 Å². The molecule has 10 heteroatoms. The number of benzene rings is 2. The SMILES string of the molecule is CCOC(=O)c1c(NC(=O)COc2ccc(N(C)S(=O)(=O)c3ccccc3)cc2)sc2c1CCC(C)C2. The molecule has 0 fully saturated rings. The normalized spacial score (nSPS) is 14.9. The molecule has 37 heavy (non-hydrogen) atoms. The highest BCUT2D eigenvalue weighted by molar-refractivity contribution is 7.92. The Kier molecular flexibility index (Phi) is 8.19. The van der Waals surface area contributed by atoms with Crippen LogP contribution >= 0.6 is 11.3 Å². The third-order valence-corrected chi connectivity index (χ3v) is 9.19. The quantitative estimate of drug-likeness (QED) is 0.386. The number of sulfonamides is 1. The smallest absolute Gasteiger partial charge is 0.341 e. The zero-order valence-corrected chi connectivity index (χ0v) is 22.7. The van der Waals surface area contributed by atoms with Gasteiger partial charge in [0.05, 0.1) is 22.8 Å². The average molecular weight is 543 g/mol. The van der Waals surface area contributed by atoms with Crippen LogP contribution in [0.1, 0.15) is 41.1 Å². The highest BCUT2D eigenvalue weighted by Gasteiger charge is 2.29. The molecular weight excluding hydrogens is 512 g/mol. The van der Waals surface area contributed by atoms with Crippen molar-refractivity contribution in [2.75, 3.05) is 29.9 Å². The first-order chi connectivity index (χ1) is 17.7. The van der Waals surface area contributed by atoms with Crippen LogP contribution in [0, 0.1) is 5.92 Å². The molecule has 1 heterocycles. The van der Waals surface area contributed by atoms with Crippen LogP contribution in [0.2, 0.25) is 0 Å². The zero-order chi connectivity index (χ0) is 26.6. The van der Waals surface area contributed by atoms with Gasteiger partial charge in [0.25, 0.3) is 15.9 Å². The summed E-state index contributed by atoms with van der Waals surface area (Å²) >= 11 is 1.42. The number of ether oxygens (including phenoxy) is 2. The van der Waals surface area contributed by atoms with Crippen molar-refractivity contribution in [1.82, 2.24) is 0 Å². The lowest BCUT2D eigenvalue weighted by Crippen LogP contribution is -2.26. The van der Waals surface area contributed by atoms with E-state index in [0.717, 1.165) is 29.7 Å². The Morgan fingerprint density at radius 3 is 2.49 bits per heavy atom. The molecule has 0 saturated carbocycles. The molecule has 1 amide bonds. The van der Waals surface area contributed by atoms with E-state index in [2.05, 4.69) is 12.2 Å². The van der Waals surface area contributed by atoms with Gasteiger partial charge in [0.2, 0.25) is 0 Å². The maximum atomic E-state index is 12.8. The van der Waals surface area contributed by atoms with E-state index in [9.17, 15) is 18.0 Å². The molecule has 8 nitrogen and oxygen atoms in total. The van der Waals surface area contributed by atoms with Crippen molar-refractivity contribution in [3.8, 4) is 5.75 Å². The van der Waals surface area contributed by atoms with Crippen LogP contribution in [0.25, 0.3) is 0 Å². The standard InChI is InChI=1S/C27H30N2O6S2/c1-4-34-27(31)25-22-15-10-18(2)16-23(22)36-26(25)28-24(30)17-35-20-13-11-19(12-14-20)29(3)37(32,33)21-8-6-5-7-9-21/h5-9,11-14,18H,4,10,15-17H2,1-3H3,(H,28,30). The monoisotopic (exact) mass is 542 g/mol. The molecule has 2 aromatic carbocycles. The number of carbonyl (C=O) groups excluding carboxylic acids is 2. The van der Waals surface area contributed by atoms with E-state index in [-0.39, 0.29) is 18.1 Å². The van der Waals surface area contributed by atoms with E-state index < -0.39 is 21.9 Å². The van der Waals surface area contributed by atoms with Crippen LogP contribution in [0.4, 0.5) is 10.7 Å². The Morgan fingerprint density at radius 2 is 1.81 bits per heavy atom. The zero-order valence-electron chi connectivity index (χ0n) is 21.0. The van der Waals surface area contributed by atoms with Crippen molar-refractivity contribution < 1.29 is 27.5 Å². The van der Waals surface area contributed by atoms with E-state index in [1.54, 1.807) is 61.5 Å². The highest BCUT2D eigenvalue weighted by Crippen LogP contribution is 2.40. The molecule has 1 aliphatic rings. The van der Waals surface area contributed by atoms with Crippen molar-refractivity contribution in [2.45, 2.75) is 38.0 Å². The van der Waals surface area contributed by atoms with Gasteiger partial charge < -0.3 is 14.8 Å². The number of amides is 1. The van der Waals surface area contributed by atoms with Gasteiger partial charge in [-0.05, 0) is 74.1 Å². The first-order valence-corrected chi connectivity index (χ1v) is 14.3. The second-order valence-electron chi connectivity index (χ2n) is 8.89. The number of carbonyl (C=O) groups is 2. The number of hydrogen-bond donors (Lipinski definition) is 1. The molecule has 1 N–H and O–H groups in total. The van der Waals surface area contributed by atoms with Gasteiger partial charge in [0.1, 0.15) is 10.8 Å². The molecule has 3 aromatic rings. The van der Waals surface area contributed by atoms with Gasteiger partial charge in [0, 0.05) is 11.9 Å². The Labute approximate surface area is 221 Å². The van der Waals surface area contributed by atoms with Gasteiger partial charge in [-0.25, -0.2) is 13.2 Å². The van der Waals surface area contributed by atoms with E-state index in [4.69, 9.17) is 9.47 Å². The molecule has 0 saturated heterocycles. The molecule has 1 atom stereocenters. The molecule has 0 aliphatic heterocycles. The number of rotatable bonds is 9. The van der Waals surface area contributed by atoms with Crippen LogP contribution in [0.5, 0.6) is 5.75 Å². The Bertz CT molecular complexity index is 1370. The summed E-state index contributed by atoms with van der Waals surface area (Å²) in [5, 5.41) is 3.32. The summed E-state index contributed by atoms with van der Waals surface area (Å²) in [4.78, 5) is 26.6. The predicted molar refractivity (Wildman–Crippen MR) is 144 cm³/mol. The first kappa shape index (κ1) is 26.7. The lowest BCUT2D eigenvalue weighted by atomic mass is 9.88. The van der Waals surface area contributed by atoms with E-state index in [1.165, 1.54) is 22.7 Å². The summed E-state index contributed by atoms with van der Waals surface area (Å²) < 4.78 is 37.7. The predicted octanol–water partition coefficient (Wildman–Crippen LogP) is 4.89. The summed E-state index contributed by atoms with van der Waals surface area (Å²) in [7, 11) is -2.21. The fraction of sp³-hybridized carbons (Fsp3) is 0.333. The number of esters is 1. The van der Waals surface area contributed by atoms with Crippen LogP contribution in [-0.2, 0) is 32.4 Å². The minimum Gasteiger partial charge on any atom is -0.484 e. The maximum absolute atomic E-state index is 12.8. The third kappa shape index (κ3) is 5.97. The summed E-state index contributed by atoms with van der Waals surface area (Å²) in [6, 6.07) is 14.6. The van der Waals surface area contributed by atoms with Gasteiger partial charge in [-0.3, -0.25) is 9.10 Å². The minimum atomic E-state index is -3.69. The third-order valence-electron chi connectivity index (χ3n) is 6.22. The molecular formula is C27H30N2O6S2. The van der Waals surface area contributed by atoms with Gasteiger partial charge in [0.15, 0.2) is 6.61 Å². The molecule has 1 aliphatic carbocycles. The molecule has 1 unspecified atom stereocenters. The first-order valence-electron chi connectivity index (χ1n) is 12.1. The molecule has 0 spiro atoms. The highest BCUT2D eigenvalue weighted by atomic mass is 32.2. The topological polar surface area (TPSA) is 102 Å². The molecule has 4 rings (SSSR count). The number of fused-ring (bicyclic) bond motifs is 1. The Balaban J connectivity index is 1.41. The van der Waals surface area contributed by atoms with Gasteiger partial charge in [-0.1, -0.05) is 25.1 Å². The molecule has 0 bridgehead atoms. The fourth-order valence-electron chi connectivity index (χ4n) is 4.21. The van der Waals surface area contributed by atoms with Crippen LogP contribution in [0.3, 0.4) is 0 Å². The van der Waals surface area contributed by atoms with Gasteiger partial charge >= 0.3 is 5.97 Å². The minimum absolute atomic E-state index is 0.196. The number of anilines is 2. The number of nitrogens with one attached hydrogen (secondary N) is 1. The lowest BCUT2D eigenvalue weighted by Gasteiger charge is -2.19. The Hall–Kier alpha value is -3.37. The lowest BCUT2D eigenvalue weighted by molar-refractivity contribution is -0.118. The van der Waals surface area contributed by atoms with Gasteiger partial charge in [-0.2, -0.15) is 0 Å². The van der Waals surface area contributed by atoms with Crippen molar-refractivity contribution >= 4 is 43.9 Å². The summed E-state index contributed by atoms with van der Waals surface area (Å²) in [6.45, 7) is 3.93. The second kappa shape index (κ2) is 11.4. The second-order valence-corrected chi connectivity index (χ2v) is 12.0. The average Bonchev–Trinajstić information content (AvgIpc) is 3.24. The van der Waals surface area contributed by atoms with Crippen molar-refractivity contribution in [1.29, 1.82) is 0 Å².